The summed E-state index contributed by atoms with van der Waals surface area (Å²) in [5.41, 5.74) is 2.65. The first-order chi connectivity index (χ1) is 13.8. The number of hydrogen-bond donors (Lipinski definition) is 0. The highest BCUT2D eigenvalue weighted by molar-refractivity contribution is 7.79. The van der Waals surface area contributed by atoms with Gasteiger partial charge in [-0.3, -0.25) is 0 Å². The fraction of sp³-hybridized carbons (Fsp3) is 0.684. The molecular formula is C19H38N2O5P3+. The quantitative estimate of drug-likeness (QED) is 0.127. The summed E-state index contributed by atoms with van der Waals surface area (Å²) < 4.78 is 39.8. The molecule has 0 rings (SSSR count). The van der Waals surface area contributed by atoms with Crippen molar-refractivity contribution in [3.63, 3.8) is 0 Å². The lowest BCUT2D eigenvalue weighted by atomic mass is 10.5. The summed E-state index contributed by atoms with van der Waals surface area (Å²) in [7, 11) is -8.40. The maximum absolute atomic E-state index is 6.18. The molecular weight excluding hydrogens is 429 g/mol. The molecule has 0 aliphatic rings. The predicted molar refractivity (Wildman–Crippen MR) is 127 cm³/mol. The van der Waals surface area contributed by atoms with Crippen LogP contribution < -0.4 is 0 Å². The van der Waals surface area contributed by atoms with E-state index in [0.29, 0.717) is 32.6 Å². The van der Waals surface area contributed by atoms with Crippen molar-refractivity contribution in [3.05, 3.63) is 25.3 Å². The Hall–Kier alpha value is -0.270. The van der Waals surface area contributed by atoms with Gasteiger partial charge in [-0.1, -0.05) is 32.4 Å². The Bertz CT molecular complexity index is 638. The molecule has 0 aromatic rings. The number of hydrogen-bond acceptors (Lipinski definition) is 6. The van der Waals surface area contributed by atoms with Gasteiger partial charge in [0.1, 0.15) is 6.61 Å². The topological polar surface area (TPSA) is 70.9 Å². The van der Waals surface area contributed by atoms with Crippen molar-refractivity contribution in [3.8, 4) is 12.1 Å². The first kappa shape index (κ1) is 28.7. The van der Waals surface area contributed by atoms with Crippen LogP contribution in [0.1, 0.15) is 40.5 Å². The summed E-state index contributed by atoms with van der Waals surface area (Å²) in [6.45, 7) is 19.0. The second-order valence-corrected chi connectivity index (χ2v) is 13.3. The van der Waals surface area contributed by atoms with Gasteiger partial charge < -0.3 is 13.6 Å². The smallest absolute Gasteiger partial charge is 0.325 e. The normalized spacial score (nSPS) is 17.2. The molecule has 0 aliphatic heterocycles. The zero-order valence-electron chi connectivity index (χ0n) is 18.6. The highest BCUT2D eigenvalue weighted by atomic mass is 31.3. The molecule has 0 N–H and O–H groups in total. The van der Waals surface area contributed by atoms with E-state index in [4.69, 9.17) is 38.1 Å². The third-order valence-electron chi connectivity index (χ3n) is 3.21. The number of terminal acetylenes is 1. The second-order valence-electron chi connectivity index (χ2n) is 5.86. The summed E-state index contributed by atoms with van der Waals surface area (Å²) in [4.78, 5) is 0. The molecule has 168 valence electrons. The van der Waals surface area contributed by atoms with Gasteiger partial charge in [-0.25, -0.2) is 0 Å². The van der Waals surface area contributed by atoms with Crippen molar-refractivity contribution < 1.29 is 22.6 Å². The van der Waals surface area contributed by atoms with Gasteiger partial charge in [-0.15, -0.1) is 13.2 Å². The van der Waals surface area contributed by atoms with Crippen LogP contribution in [0.4, 0.5) is 0 Å². The van der Waals surface area contributed by atoms with E-state index in [1.165, 1.54) is 0 Å². The van der Waals surface area contributed by atoms with Crippen molar-refractivity contribution in [2.75, 3.05) is 45.9 Å². The van der Waals surface area contributed by atoms with Crippen molar-refractivity contribution in [1.82, 2.24) is 0 Å². The second kappa shape index (κ2) is 15.5. The maximum atomic E-state index is 6.18. The molecule has 0 bridgehead atoms. The Morgan fingerprint density at radius 2 is 1.66 bits per heavy atom. The molecule has 0 radical (unpaired) electrons. The van der Waals surface area contributed by atoms with Crippen molar-refractivity contribution in [1.29, 1.82) is 0 Å². The van der Waals surface area contributed by atoms with E-state index >= 15 is 0 Å². The molecule has 0 saturated carbocycles. The number of nitrogens with zero attached hydrogens (tertiary/aromatic N) is 2. The predicted octanol–water partition coefficient (Wildman–Crippen LogP) is 7.35. The summed E-state index contributed by atoms with van der Waals surface area (Å²) in [6.07, 6.45) is 11.4. The maximum Gasteiger partial charge on any atom is 0.482 e. The molecule has 0 aromatic heterocycles. The molecule has 10 heteroatoms. The lowest BCUT2D eigenvalue weighted by Gasteiger charge is -2.26. The third-order valence-corrected chi connectivity index (χ3v) is 12.1. The molecule has 3 unspecified atom stereocenters. The fourth-order valence-corrected chi connectivity index (χ4v) is 11.3. The Morgan fingerprint density at radius 1 is 0.966 bits per heavy atom. The van der Waals surface area contributed by atoms with E-state index < -0.39 is 22.8 Å². The highest BCUT2D eigenvalue weighted by Gasteiger charge is 2.46. The van der Waals surface area contributed by atoms with Crippen LogP contribution in [0.5, 0.6) is 0 Å². The fourth-order valence-electron chi connectivity index (χ4n) is 2.22. The van der Waals surface area contributed by atoms with Crippen molar-refractivity contribution in [2.45, 2.75) is 40.5 Å². The zero-order chi connectivity index (χ0) is 22.2. The molecule has 0 heterocycles. The Kier molecular flexibility index (Phi) is 15.4. The Balaban J connectivity index is 6.71. The van der Waals surface area contributed by atoms with Gasteiger partial charge >= 0.3 is 7.87 Å². The van der Waals surface area contributed by atoms with Crippen LogP contribution in [-0.4, -0.2) is 45.9 Å². The van der Waals surface area contributed by atoms with Crippen LogP contribution in [0, 0.1) is 12.1 Å². The van der Waals surface area contributed by atoms with Gasteiger partial charge in [0.05, 0.1) is 26.4 Å². The van der Waals surface area contributed by atoms with Crippen LogP contribution in [0.3, 0.4) is 0 Å². The van der Waals surface area contributed by atoms with Gasteiger partial charge in [-0.05, 0) is 31.2 Å². The minimum atomic E-state index is -3.01. The van der Waals surface area contributed by atoms with Gasteiger partial charge in [0, 0.05) is 12.8 Å². The van der Waals surface area contributed by atoms with Gasteiger partial charge in [-0.2, -0.15) is 13.6 Å². The lowest BCUT2D eigenvalue weighted by Crippen LogP contribution is -2.03. The molecule has 0 saturated heterocycles. The standard InChI is InChI=1S/C19H38N2O5P3/c1-9-16-24-27(8,25-17-10-2)20-28(19-12-4,22-13-5)21-29(15-7,23-14-6)26-18-11-3/h7,9,11H,1,3,10,12-14,16-19H2,2,4-6,8H3/q+1. The van der Waals surface area contributed by atoms with Crippen LogP contribution in [0.25, 0.3) is 0 Å². The summed E-state index contributed by atoms with van der Waals surface area (Å²) in [5, 5.41) is 0. The van der Waals surface area contributed by atoms with E-state index in [9.17, 15) is 0 Å². The minimum absolute atomic E-state index is 0.228. The Morgan fingerprint density at radius 3 is 2.14 bits per heavy atom. The van der Waals surface area contributed by atoms with E-state index in [-0.39, 0.29) is 6.61 Å². The third kappa shape index (κ3) is 10.5. The molecule has 0 aromatic carbocycles. The van der Waals surface area contributed by atoms with Gasteiger partial charge in [0.2, 0.25) is 14.9 Å². The largest absolute Gasteiger partial charge is 0.482 e. The van der Waals surface area contributed by atoms with Gasteiger partial charge in [0.15, 0.2) is 5.66 Å². The lowest BCUT2D eigenvalue weighted by molar-refractivity contribution is 0.261. The van der Waals surface area contributed by atoms with Crippen molar-refractivity contribution >= 4 is 22.8 Å². The molecule has 0 spiro atoms. The average Bonchev–Trinajstić information content (AvgIpc) is 2.69. The van der Waals surface area contributed by atoms with Crippen LogP contribution >= 0.6 is 22.8 Å². The summed E-state index contributed by atoms with van der Waals surface area (Å²) in [6, 6.07) is 0. The van der Waals surface area contributed by atoms with Crippen LogP contribution in [0.15, 0.2) is 34.3 Å². The zero-order valence-corrected chi connectivity index (χ0v) is 21.3. The first-order valence-corrected chi connectivity index (χ1v) is 15.3. The van der Waals surface area contributed by atoms with Gasteiger partial charge in [0.25, 0.3) is 0 Å². The summed E-state index contributed by atoms with van der Waals surface area (Å²) >= 11 is 0. The number of rotatable bonds is 17. The molecule has 7 nitrogen and oxygen atoms in total. The van der Waals surface area contributed by atoms with E-state index in [2.05, 4.69) is 18.8 Å². The Labute approximate surface area is 178 Å². The van der Waals surface area contributed by atoms with Crippen LogP contribution in [0.2, 0.25) is 0 Å². The molecule has 0 amide bonds. The SMILES string of the molecule is C#C[P+](N=P(CCC)(N=P(C)(OCC=C)OCCC)OCC)(OCC)OCC=C. The van der Waals surface area contributed by atoms with Crippen LogP contribution in [-0.2, 0) is 22.6 Å². The highest BCUT2D eigenvalue weighted by Crippen LogP contribution is 2.74. The molecule has 0 fully saturated rings. The van der Waals surface area contributed by atoms with E-state index in [1.54, 1.807) is 12.2 Å². The average molecular weight is 467 g/mol. The summed E-state index contributed by atoms with van der Waals surface area (Å²) in [5.74, 6) is 0. The molecule has 3 atom stereocenters. The molecule has 29 heavy (non-hydrogen) atoms. The molecule has 0 aliphatic carbocycles. The van der Waals surface area contributed by atoms with E-state index in [0.717, 1.165) is 12.8 Å². The minimum Gasteiger partial charge on any atom is -0.325 e. The monoisotopic (exact) mass is 467 g/mol. The van der Waals surface area contributed by atoms with E-state index in [1.807, 2.05) is 34.4 Å². The first-order valence-electron chi connectivity index (χ1n) is 9.89. The van der Waals surface area contributed by atoms with Crippen molar-refractivity contribution in [2.24, 2.45) is 9.03 Å².